The minimum Gasteiger partial charge on any atom is -0.465 e. The van der Waals surface area contributed by atoms with Gasteiger partial charge in [0.05, 0.1) is 13.2 Å². The molecule has 2 N–H and O–H groups in total. The van der Waals surface area contributed by atoms with Crippen LogP contribution in [0.1, 0.15) is 71.8 Å². The fraction of sp³-hybridized carbons (Fsp3) is 0.889. The van der Waals surface area contributed by atoms with Crippen LogP contribution in [0, 0.1) is 0 Å². The molecule has 0 radical (unpaired) electrons. The van der Waals surface area contributed by atoms with Gasteiger partial charge in [0, 0.05) is 0 Å². The zero-order chi connectivity index (χ0) is 18.6. The summed E-state index contributed by atoms with van der Waals surface area (Å²) in [6.07, 6.45) is 0. The van der Waals surface area contributed by atoms with Crippen molar-refractivity contribution >= 4 is 27.8 Å². The first-order valence-electron chi connectivity index (χ1n) is 7.17. The fourth-order valence-electron chi connectivity index (χ4n) is 1.34. The van der Waals surface area contributed by atoms with Gasteiger partial charge in [-0.2, -0.15) is 0 Å². The van der Waals surface area contributed by atoms with E-state index in [1.807, 2.05) is 0 Å². The molecule has 3 atom stereocenters. The van der Waals surface area contributed by atoms with Gasteiger partial charge in [0.25, 0.3) is 0 Å². The number of nitrogens with one attached hydrogen (secondary N) is 2. The highest BCUT2D eigenvalue weighted by atomic mass is 31.1. The van der Waals surface area contributed by atoms with Gasteiger partial charge in [0.15, 0.2) is 18.9 Å². The third kappa shape index (κ3) is 25.1. The average molecular weight is 451 g/mol. The lowest BCUT2D eigenvalue weighted by Crippen LogP contribution is -2.44. The van der Waals surface area contributed by atoms with Gasteiger partial charge in [-0.1, -0.05) is 56.4 Å². The highest BCUT2D eigenvalue weighted by Gasteiger charge is 2.34. The summed E-state index contributed by atoms with van der Waals surface area (Å²) < 4.78 is 30.8. The summed E-state index contributed by atoms with van der Waals surface area (Å²) >= 11 is 0. The Bertz CT molecular complexity index is 432. The van der Waals surface area contributed by atoms with Gasteiger partial charge >= 0.3 is 27.8 Å². The Morgan fingerprint density at radius 1 is 0.893 bits per heavy atom. The summed E-state index contributed by atoms with van der Waals surface area (Å²) in [6.45, 7) is 12.1. The molecule has 0 spiro atoms. The summed E-state index contributed by atoms with van der Waals surface area (Å²) in [4.78, 5) is 22.1. The largest absolute Gasteiger partial charge is 0.465 e. The van der Waals surface area contributed by atoms with E-state index in [1.54, 1.807) is 34.6 Å². The fourth-order valence-corrected chi connectivity index (χ4v) is 2.87. The highest BCUT2D eigenvalue weighted by Crippen LogP contribution is 2.16. The molecule has 0 aromatic heterocycles. The molecule has 0 heterocycles. The van der Waals surface area contributed by atoms with E-state index in [0.29, 0.717) is 13.2 Å². The first kappa shape index (κ1) is 45.7. The van der Waals surface area contributed by atoms with E-state index in [4.69, 9.17) is 4.74 Å². The molecule has 0 rings (SSSR count). The standard InChI is InChI=1S/C7H15NO3P.C6H13NO3P.5CH4/c1-5-11-6(9)7(2,3)8-12(4)10;1-4-10-6(8)5(2)7-11(3)9;;;;;/h5H2,1-4H3,(H,8,10);5H,4H2,1-3H3,(H,7,9);5*1H4/q2*+1;;;;;. The van der Waals surface area contributed by atoms with Crippen molar-refractivity contribution in [3.05, 3.63) is 0 Å². The molecule has 0 saturated carbocycles. The highest BCUT2D eigenvalue weighted by molar-refractivity contribution is 7.41. The van der Waals surface area contributed by atoms with Crippen LogP contribution in [0.2, 0.25) is 0 Å². The van der Waals surface area contributed by atoms with Gasteiger partial charge in [-0.3, -0.25) is 4.79 Å². The molecular formula is C18H48N2O6P2+2. The summed E-state index contributed by atoms with van der Waals surface area (Å²) in [7, 11) is -3.02. The molecular weight excluding hydrogens is 402 g/mol. The molecule has 0 aromatic rings. The molecule has 0 aliphatic carbocycles. The van der Waals surface area contributed by atoms with Gasteiger partial charge in [-0.15, -0.1) is 0 Å². The lowest BCUT2D eigenvalue weighted by Gasteiger charge is -2.16. The number of carbonyl (C=O) groups is 2. The van der Waals surface area contributed by atoms with Crippen molar-refractivity contribution < 1.29 is 28.2 Å². The van der Waals surface area contributed by atoms with E-state index in [9.17, 15) is 18.7 Å². The summed E-state index contributed by atoms with van der Waals surface area (Å²) in [5, 5.41) is 5.20. The Morgan fingerprint density at radius 3 is 1.57 bits per heavy atom. The molecule has 0 saturated heterocycles. The van der Waals surface area contributed by atoms with E-state index >= 15 is 0 Å². The van der Waals surface area contributed by atoms with Gasteiger partial charge < -0.3 is 9.47 Å². The summed E-state index contributed by atoms with van der Waals surface area (Å²) in [6, 6.07) is -0.483. The van der Waals surface area contributed by atoms with Crippen LogP contribution in [0.4, 0.5) is 0 Å². The van der Waals surface area contributed by atoms with Crippen molar-refractivity contribution in [2.45, 2.75) is 83.3 Å². The average Bonchev–Trinajstić information content (AvgIpc) is 2.37. The van der Waals surface area contributed by atoms with Crippen molar-refractivity contribution in [1.82, 2.24) is 10.2 Å². The van der Waals surface area contributed by atoms with Gasteiger partial charge in [0.1, 0.15) is 6.04 Å². The van der Waals surface area contributed by atoms with Gasteiger partial charge in [-0.25, -0.2) is 4.79 Å². The van der Waals surface area contributed by atoms with Gasteiger partial charge in [-0.05, 0) is 34.6 Å². The van der Waals surface area contributed by atoms with Crippen LogP contribution in [-0.2, 0) is 28.2 Å². The van der Waals surface area contributed by atoms with Crippen LogP contribution in [0.5, 0.6) is 0 Å². The minimum atomic E-state index is -1.53. The van der Waals surface area contributed by atoms with Crippen LogP contribution in [0.15, 0.2) is 0 Å². The van der Waals surface area contributed by atoms with Crippen molar-refractivity contribution in [2.75, 3.05) is 26.5 Å². The maximum atomic E-state index is 11.2. The molecule has 0 aliphatic heterocycles. The van der Waals surface area contributed by atoms with Crippen LogP contribution in [-0.4, -0.2) is 50.1 Å². The minimum absolute atomic E-state index is 0. The van der Waals surface area contributed by atoms with E-state index < -0.39 is 27.5 Å². The Kier molecular flexibility index (Phi) is 39.3. The Balaban J connectivity index is -0.0000000536. The van der Waals surface area contributed by atoms with Crippen molar-refractivity contribution in [1.29, 1.82) is 0 Å². The second kappa shape index (κ2) is 24.1. The lowest BCUT2D eigenvalue weighted by atomic mass is 10.1. The van der Waals surface area contributed by atoms with Crippen LogP contribution in [0.3, 0.4) is 0 Å². The van der Waals surface area contributed by atoms with Crippen molar-refractivity contribution in [3.8, 4) is 0 Å². The monoisotopic (exact) mass is 450 g/mol. The Labute approximate surface area is 176 Å². The van der Waals surface area contributed by atoms with Gasteiger partial charge in [0.2, 0.25) is 0 Å². The second-order valence-electron chi connectivity index (χ2n) is 5.06. The number of hydrogen-bond acceptors (Lipinski definition) is 6. The zero-order valence-corrected chi connectivity index (χ0v) is 16.6. The molecule has 28 heavy (non-hydrogen) atoms. The molecule has 0 aliphatic rings. The zero-order valence-electron chi connectivity index (χ0n) is 14.8. The Hall–Kier alpha value is -0.940. The van der Waals surface area contributed by atoms with Crippen LogP contribution >= 0.6 is 15.9 Å². The first-order chi connectivity index (χ1) is 10.5. The number of esters is 2. The smallest absolute Gasteiger partial charge is 0.429 e. The second-order valence-corrected chi connectivity index (χ2v) is 7.53. The van der Waals surface area contributed by atoms with Crippen molar-refractivity contribution in [3.63, 3.8) is 0 Å². The SMILES string of the molecule is C.C.C.C.C.CCOC(=O)C(C)(C)N[P+](C)=O.CCOC(=O)C(C)N[P+](C)=O. The molecule has 0 aromatic carbocycles. The summed E-state index contributed by atoms with van der Waals surface area (Å²) in [5.41, 5.74) is -0.863. The van der Waals surface area contributed by atoms with Crippen LogP contribution < -0.4 is 10.2 Å². The Morgan fingerprint density at radius 2 is 1.29 bits per heavy atom. The third-order valence-corrected chi connectivity index (χ3v) is 3.86. The molecule has 0 fully saturated rings. The van der Waals surface area contributed by atoms with Crippen LogP contribution in [0.25, 0.3) is 0 Å². The lowest BCUT2D eigenvalue weighted by molar-refractivity contribution is -0.149. The third-order valence-electron chi connectivity index (χ3n) is 2.24. The number of carbonyl (C=O) groups excluding carboxylic acids is 2. The first-order valence-corrected chi connectivity index (χ1v) is 10.6. The normalized spacial score (nSPS) is 10.8. The molecule has 3 unspecified atom stereocenters. The van der Waals surface area contributed by atoms with E-state index in [1.165, 1.54) is 13.3 Å². The number of ether oxygens (including phenoxy) is 2. The predicted molar refractivity (Wildman–Crippen MR) is 124 cm³/mol. The topological polar surface area (TPSA) is 111 Å². The molecule has 174 valence electrons. The van der Waals surface area contributed by atoms with E-state index in [-0.39, 0.29) is 49.1 Å². The maximum Gasteiger partial charge on any atom is 0.429 e. The quantitative estimate of drug-likeness (QED) is 0.375. The molecule has 0 bridgehead atoms. The maximum absolute atomic E-state index is 11.2. The molecule has 0 amide bonds. The van der Waals surface area contributed by atoms with E-state index in [2.05, 4.69) is 14.9 Å². The number of hydrogen-bond donors (Lipinski definition) is 2. The van der Waals surface area contributed by atoms with E-state index in [0.717, 1.165) is 0 Å². The summed E-state index contributed by atoms with van der Waals surface area (Å²) in [5.74, 6) is -0.743. The number of rotatable bonds is 8. The molecule has 8 nitrogen and oxygen atoms in total. The molecule has 10 heteroatoms. The predicted octanol–water partition coefficient (Wildman–Crippen LogP) is 5.37. The van der Waals surface area contributed by atoms with Crippen molar-refractivity contribution in [2.24, 2.45) is 0 Å².